The Bertz CT molecular complexity index is 1000. The topological polar surface area (TPSA) is 70.8 Å². The number of nitrogens with zero attached hydrogens (tertiary/aromatic N) is 1. The zero-order valence-electron chi connectivity index (χ0n) is 15.0. The molecule has 0 unspecified atom stereocenters. The highest BCUT2D eigenvalue weighted by atomic mass is 16.4. The maximum Gasteiger partial charge on any atom is 0.351 e. The first-order valence-electron chi connectivity index (χ1n) is 8.46. The summed E-state index contributed by atoms with van der Waals surface area (Å²) < 4.78 is 5.17. The second kappa shape index (κ2) is 7.04. The number of aromatic carboxylic acids is 1. The molecule has 0 amide bonds. The minimum absolute atomic E-state index is 0.358. The maximum absolute atomic E-state index is 11.8. The van der Waals surface area contributed by atoms with Crippen LogP contribution in [0.4, 0.5) is 5.69 Å². The summed E-state index contributed by atoms with van der Waals surface area (Å²) in [7, 11) is 1.96. The predicted molar refractivity (Wildman–Crippen MR) is 102 cm³/mol. The van der Waals surface area contributed by atoms with E-state index in [4.69, 9.17) is 9.52 Å². The van der Waals surface area contributed by atoms with Crippen LogP contribution in [-0.2, 0) is 6.54 Å². The molecule has 0 aliphatic rings. The first-order valence-corrected chi connectivity index (χ1v) is 8.46. The number of hydrogen-bond acceptors (Lipinski definition) is 4. The Hall–Kier alpha value is -3.08. The van der Waals surface area contributed by atoms with Crippen molar-refractivity contribution in [3.05, 3.63) is 75.6 Å². The standard InChI is InChI=1S/C21H21NO4/c1-13(2)15-6-4-14(5-7-15)12-22(3)17-9-8-16-10-18(20(23)24)21(25)26-19(16)11-17/h4-11,13H,12H2,1-3H3,(H,23,24). The molecule has 0 radical (unpaired) electrons. The predicted octanol–water partition coefficient (Wildman–Crippen LogP) is 4.25. The molecule has 0 atom stereocenters. The molecular formula is C21H21NO4. The smallest absolute Gasteiger partial charge is 0.351 e. The normalized spacial score (nSPS) is 11.1. The summed E-state index contributed by atoms with van der Waals surface area (Å²) in [6.07, 6.45) is 0. The number of hydrogen-bond donors (Lipinski definition) is 1. The van der Waals surface area contributed by atoms with E-state index in [1.54, 1.807) is 12.1 Å². The van der Waals surface area contributed by atoms with Crippen molar-refractivity contribution < 1.29 is 14.3 Å². The summed E-state index contributed by atoms with van der Waals surface area (Å²) in [4.78, 5) is 24.9. The van der Waals surface area contributed by atoms with E-state index in [9.17, 15) is 9.59 Å². The lowest BCUT2D eigenvalue weighted by molar-refractivity contribution is 0.0692. The van der Waals surface area contributed by atoms with Crippen molar-refractivity contribution in [2.45, 2.75) is 26.3 Å². The SMILES string of the molecule is CC(C)c1ccc(CN(C)c2ccc3cc(C(=O)O)c(=O)oc3c2)cc1. The second-order valence-corrected chi connectivity index (χ2v) is 6.73. The van der Waals surface area contributed by atoms with E-state index in [2.05, 4.69) is 43.0 Å². The highest BCUT2D eigenvalue weighted by Crippen LogP contribution is 2.23. The Kier molecular flexibility index (Phi) is 4.80. The highest BCUT2D eigenvalue weighted by molar-refractivity contribution is 5.92. The third-order valence-electron chi connectivity index (χ3n) is 4.46. The van der Waals surface area contributed by atoms with E-state index in [0.29, 0.717) is 23.4 Å². The van der Waals surface area contributed by atoms with Gasteiger partial charge in [-0.15, -0.1) is 0 Å². The first-order chi connectivity index (χ1) is 12.3. The number of carboxylic acids is 1. The molecular weight excluding hydrogens is 330 g/mol. The van der Waals surface area contributed by atoms with Crippen molar-refractivity contribution >= 4 is 22.6 Å². The van der Waals surface area contributed by atoms with Crippen LogP contribution in [0.1, 0.15) is 41.3 Å². The second-order valence-electron chi connectivity index (χ2n) is 6.73. The largest absolute Gasteiger partial charge is 0.477 e. The fraction of sp³-hybridized carbons (Fsp3) is 0.238. The molecule has 3 rings (SSSR count). The van der Waals surface area contributed by atoms with Crippen LogP contribution in [0.5, 0.6) is 0 Å². The minimum Gasteiger partial charge on any atom is -0.477 e. The van der Waals surface area contributed by atoms with Crippen molar-refractivity contribution in [3.63, 3.8) is 0 Å². The van der Waals surface area contributed by atoms with Gasteiger partial charge in [-0.05, 0) is 35.2 Å². The van der Waals surface area contributed by atoms with Crippen LogP contribution in [0, 0.1) is 0 Å². The molecule has 3 aromatic rings. The van der Waals surface area contributed by atoms with Crippen molar-refractivity contribution in [1.29, 1.82) is 0 Å². The van der Waals surface area contributed by atoms with Gasteiger partial charge in [0.1, 0.15) is 11.1 Å². The average Bonchev–Trinajstić information content (AvgIpc) is 2.60. The Morgan fingerprint density at radius 3 is 2.42 bits per heavy atom. The van der Waals surface area contributed by atoms with Gasteiger partial charge in [0.25, 0.3) is 0 Å². The lowest BCUT2D eigenvalue weighted by atomic mass is 10.0. The van der Waals surface area contributed by atoms with Crippen molar-refractivity contribution in [3.8, 4) is 0 Å². The monoisotopic (exact) mass is 351 g/mol. The number of fused-ring (bicyclic) bond motifs is 1. The Balaban J connectivity index is 1.86. The van der Waals surface area contributed by atoms with E-state index in [-0.39, 0.29) is 5.56 Å². The van der Waals surface area contributed by atoms with E-state index >= 15 is 0 Å². The van der Waals surface area contributed by atoms with E-state index in [1.165, 1.54) is 17.2 Å². The van der Waals surface area contributed by atoms with Gasteiger partial charge in [0.15, 0.2) is 0 Å². The molecule has 0 saturated heterocycles. The summed E-state index contributed by atoms with van der Waals surface area (Å²) in [5.41, 5.74) is 2.55. The Morgan fingerprint density at radius 1 is 1.12 bits per heavy atom. The molecule has 2 aromatic carbocycles. The molecule has 1 aromatic heterocycles. The van der Waals surface area contributed by atoms with Crippen molar-refractivity contribution in [2.24, 2.45) is 0 Å². The molecule has 0 bridgehead atoms. The fourth-order valence-electron chi connectivity index (χ4n) is 2.86. The van der Waals surface area contributed by atoms with Crippen LogP contribution in [-0.4, -0.2) is 18.1 Å². The summed E-state index contributed by atoms with van der Waals surface area (Å²) in [5, 5.41) is 9.60. The molecule has 0 saturated carbocycles. The quantitative estimate of drug-likeness (QED) is 0.696. The first kappa shape index (κ1) is 17.7. The molecule has 1 heterocycles. The number of rotatable bonds is 5. The molecule has 1 N–H and O–H groups in total. The molecule has 0 aliphatic heterocycles. The van der Waals surface area contributed by atoms with Gasteiger partial charge >= 0.3 is 11.6 Å². The fourth-order valence-corrected chi connectivity index (χ4v) is 2.86. The van der Waals surface area contributed by atoms with Crippen LogP contribution in [0.15, 0.2) is 57.7 Å². The summed E-state index contributed by atoms with van der Waals surface area (Å²) in [6.45, 7) is 5.04. The van der Waals surface area contributed by atoms with Gasteiger partial charge in [-0.25, -0.2) is 9.59 Å². The van der Waals surface area contributed by atoms with Crippen LogP contribution in [0.2, 0.25) is 0 Å². The minimum atomic E-state index is -1.29. The molecule has 5 heteroatoms. The number of benzene rings is 2. The molecule has 0 spiro atoms. The van der Waals surface area contributed by atoms with Crippen LogP contribution in [0.25, 0.3) is 11.0 Å². The highest BCUT2D eigenvalue weighted by Gasteiger charge is 2.13. The number of anilines is 1. The van der Waals surface area contributed by atoms with Crippen LogP contribution >= 0.6 is 0 Å². The van der Waals surface area contributed by atoms with Gasteiger partial charge < -0.3 is 14.4 Å². The lowest BCUT2D eigenvalue weighted by Crippen LogP contribution is -2.16. The Morgan fingerprint density at radius 2 is 1.81 bits per heavy atom. The number of carbonyl (C=O) groups is 1. The summed E-state index contributed by atoms with van der Waals surface area (Å²) >= 11 is 0. The van der Waals surface area contributed by atoms with Gasteiger partial charge in [-0.3, -0.25) is 0 Å². The van der Waals surface area contributed by atoms with E-state index in [1.807, 2.05) is 13.1 Å². The van der Waals surface area contributed by atoms with Gasteiger partial charge in [-0.1, -0.05) is 38.1 Å². The molecule has 134 valence electrons. The third kappa shape index (κ3) is 3.61. The van der Waals surface area contributed by atoms with Crippen LogP contribution in [0.3, 0.4) is 0 Å². The zero-order chi connectivity index (χ0) is 18.8. The molecule has 0 fully saturated rings. The molecule has 26 heavy (non-hydrogen) atoms. The van der Waals surface area contributed by atoms with Crippen molar-refractivity contribution in [1.82, 2.24) is 0 Å². The van der Waals surface area contributed by atoms with Crippen LogP contribution < -0.4 is 10.5 Å². The number of carboxylic acid groups (broad SMARTS) is 1. The molecule has 0 aliphatic carbocycles. The summed E-state index contributed by atoms with van der Waals surface area (Å²) in [5.74, 6) is -0.785. The van der Waals surface area contributed by atoms with E-state index in [0.717, 1.165) is 5.69 Å². The zero-order valence-corrected chi connectivity index (χ0v) is 15.0. The Labute approximate surface area is 151 Å². The van der Waals surface area contributed by atoms with Crippen molar-refractivity contribution in [2.75, 3.05) is 11.9 Å². The van der Waals surface area contributed by atoms with Gasteiger partial charge in [0.05, 0.1) is 0 Å². The van der Waals surface area contributed by atoms with Gasteiger partial charge in [0.2, 0.25) is 0 Å². The average molecular weight is 351 g/mol. The molecule has 5 nitrogen and oxygen atoms in total. The summed E-state index contributed by atoms with van der Waals surface area (Å²) in [6, 6.07) is 15.3. The maximum atomic E-state index is 11.8. The van der Waals surface area contributed by atoms with Gasteiger partial charge in [-0.2, -0.15) is 0 Å². The lowest BCUT2D eigenvalue weighted by Gasteiger charge is -2.20. The third-order valence-corrected chi connectivity index (χ3v) is 4.46. The van der Waals surface area contributed by atoms with Gasteiger partial charge in [0, 0.05) is 30.7 Å². The van der Waals surface area contributed by atoms with E-state index < -0.39 is 11.6 Å².